The Bertz CT molecular complexity index is 622. The van der Waals surface area contributed by atoms with Crippen LogP contribution in [0.4, 0.5) is 0 Å². The molecule has 0 aliphatic rings. The lowest BCUT2D eigenvalue weighted by Crippen LogP contribution is -2.30. The van der Waals surface area contributed by atoms with Crippen molar-refractivity contribution in [3.05, 3.63) is 65.6 Å². The zero-order chi connectivity index (χ0) is 14.7. The van der Waals surface area contributed by atoms with Gasteiger partial charge in [-0.2, -0.15) is 0 Å². The summed E-state index contributed by atoms with van der Waals surface area (Å²) < 4.78 is 2.19. The van der Waals surface area contributed by atoms with Crippen LogP contribution in [0.1, 0.15) is 17.2 Å². The van der Waals surface area contributed by atoms with Gasteiger partial charge in [0.05, 0.1) is 16.1 Å². The van der Waals surface area contributed by atoms with E-state index in [1.165, 1.54) is 0 Å². The molecule has 0 heterocycles. The van der Waals surface area contributed by atoms with Crippen LogP contribution in [0.5, 0.6) is 0 Å². The zero-order valence-corrected chi connectivity index (χ0v) is 15.6. The van der Waals surface area contributed by atoms with Crippen LogP contribution in [0, 0.1) is 3.57 Å². The number of hydrogen-bond acceptors (Lipinski definition) is 2. The summed E-state index contributed by atoms with van der Waals surface area (Å²) in [6, 6.07) is 11.8. The Balaban J connectivity index is 2.28. The first-order chi connectivity index (χ1) is 9.51. The molecular formula is C14H12BrCl2IN2. The lowest BCUT2D eigenvalue weighted by atomic mass is 9.99. The van der Waals surface area contributed by atoms with Crippen LogP contribution in [0.15, 0.2) is 40.9 Å². The molecule has 0 aliphatic carbocycles. The van der Waals surface area contributed by atoms with E-state index in [2.05, 4.69) is 50.0 Å². The summed E-state index contributed by atoms with van der Waals surface area (Å²) in [5, 5.41) is 1.12. The Morgan fingerprint density at radius 3 is 2.55 bits per heavy atom. The minimum absolute atomic E-state index is 0.00340. The van der Waals surface area contributed by atoms with E-state index in [9.17, 15) is 0 Å². The van der Waals surface area contributed by atoms with Gasteiger partial charge in [0.2, 0.25) is 0 Å². The maximum Gasteiger partial charge on any atom is 0.0595 e. The third-order valence-corrected chi connectivity index (χ3v) is 5.09. The molecule has 0 saturated heterocycles. The van der Waals surface area contributed by atoms with Gasteiger partial charge < -0.3 is 0 Å². The maximum absolute atomic E-state index is 6.05. The number of rotatable bonds is 4. The molecular weight excluding hydrogens is 474 g/mol. The van der Waals surface area contributed by atoms with Crippen molar-refractivity contribution >= 4 is 61.7 Å². The van der Waals surface area contributed by atoms with Crippen molar-refractivity contribution in [2.45, 2.75) is 12.5 Å². The number of benzene rings is 2. The summed E-state index contributed by atoms with van der Waals surface area (Å²) in [6.07, 6.45) is 0.728. The molecule has 0 aromatic heterocycles. The molecule has 0 saturated carbocycles. The van der Waals surface area contributed by atoms with Crippen LogP contribution in [0.2, 0.25) is 10.0 Å². The van der Waals surface area contributed by atoms with Gasteiger partial charge in [0.25, 0.3) is 0 Å². The van der Waals surface area contributed by atoms with E-state index < -0.39 is 0 Å². The molecule has 0 aliphatic heterocycles. The van der Waals surface area contributed by atoms with E-state index in [4.69, 9.17) is 29.0 Å². The number of halogens is 4. The highest BCUT2D eigenvalue weighted by Crippen LogP contribution is 2.29. The predicted octanol–water partition coefficient (Wildman–Crippen LogP) is 5.11. The molecule has 0 bridgehead atoms. The Kier molecular flexibility index (Phi) is 6.13. The molecule has 0 radical (unpaired) electrons. The third kappa shape index (κ3) is 4.08. The summed E-state index contributed by atoms with van der Waals surface area (Å²) in [4.78, 5) is 0. The molecule has 2 nitrogen and oxygen atoms in total. The Labute approximate surface area is 150 Å². The van der Waals surface area contributed by atoms with Crippen molar-refractivity contribution in [3.8, 4) is 0 Å². The van der Waals surface area contributed by atoms with Gasteiger partial charge in [-0.15, -0.1) is 0 Å². The van der Waals surface area contributed by atoms with Crippen molar-refractivity contribution in [1.82, 2.24) is 5.43 Å². The average molecular weight is 486 g/mol. The minimum atomic E-state index is -0.00340. The van der Waals surface area contributed by atoms with Crippen molar-refractivity contribution in [3.63, 3.8) is 0 Å². The molecule has 0 fully saturated rings. The second-order valence-corrected chi connectivity index (χ2v) is 7.25. The third-order valence-electron chi connectivity index (χ3n) is 2.96. The van der Waals surface area contributed by atoms with Crippen molar-refractivity contribution in [2.75, 3.05) is 0 Å². The fourth-order valence-electron chi connectivity index (χ4n) is 1.94. The Morgan fingerprint density at radius 2 is 1.90 bits per heavy atom. The van der Waals surface area contributed by atoms with Crippen molar-refractivity contribution < 1.29 is 0 Å². The van der Waals surface area contributed by atoms with Crippen LogP contribution in [0.25, 0.3) is 0 Å². The van der Waals surface area contributed by atoms with Gasteiger partial charge in [-0.1, -0.05) is 45.2 Å². The van der Waals surface area contributed by atoms with E-state index in [0.29, 0.717) is 10.0 Å². The number of hydrazine groups is 1. The molecule has 2 aromatic carbocycles. The van der Waals surface area contributed by atoms with Gasteiger partial charge in [0.15, 0.2) is 0 Å². The van der Waals surface area contributed by atoms with Gasteiger partial charge in [0.1, 0.15) is 0 Å². The standard InChI is InChI=1S/C14H12BrCl2IN2/c15-11-3-2-9(18)7-10(11)14(20-19)6-8-1-4-12(16)13(17)5-8/h1-5,7,14,20H,6,19H2. The van der Waals surface area contributed by atoms with Gasteiger partial charge >= 0.3 is 0 Å². The normalized spacial score (nSPS) is 12.4. The van der Waals surface area contributed by atoms with Crippen LogP contribution < -0.4 is 11.3 Å². The molecule has 2 rings (SSSR count). The largest absolute Gasteiger partial charge is 0.271 e. The summed E-state index contributed by atoms with van der Waals surface area (Å²) in [5.41, 5.74) is 5.05. The first-order valence-corrected chi connectivity index (χ1v) is 8.49. The summed E-state index contributed by atoms with van der Waals surface area (Å²) in [7, 11) is 0. The molecule has 6 heteroatoms. The van der Waals surface area contributed by atoms with Crippen LogP contribution >= 0.6 is 61.7 Å². The molecule has 106 valence electrons. The number of hydrogen-bond donors (Lipinski definition) is 2. The highest BCUT2D eigenvalue weighted by Gasteiger charge is 2.15. The predicted molar refractivity (Wildman–Crippen MR) is 97.1 cm³/mol. The van der Waals surface area contributed by atoms with E-state index in [1.54, 1.807) is 6.07 Å². The monoisotopic (exact) mass is 484 g/mol. The topological polar surface area (TPSA) is 38.0 Å². The van der Waals surface area contributed by atoms with Crippen molar-refractivity contribution in [2.24, 2.45) is 5.84 Å². The van der Waals surface area contributed by atoms with E-state index in [1.807, 2.05) is 24.3 Å². The smallest absolute Gasteiger partial charge is 0.0595 e. The minimum Gasteiger partial charge on any atom is -0.271 e. The molecule has 2 aromatic rings. The lowest BCUT2D eigenvalue weighted by molar-refractivity contribution is 0.550. The highest BCUT2D eigenvalue weighted by atomic mass is 127. The fraction of sp³-hybridized carbons (Fsp3) is 0.143. The van der Waals surface area contributed by atoms with Gasteiger partial charge in [-0.25, -0.2) is 0 Å². The average Bonchev–Trinajstić information content (AvgIpc) is 2.43. The van der Waals surface area contributed by atoms with Crippen LogP contribution in [0.3, 0.4) is 0 Å². The molecule has 0 amide bonds. The van der Waals surface area contributed by atoms with E-state index >= 15 is 0 Å². The summed E-state index contributed by atoms with van der Waals surface area (Å²) in [5.74, 6) is 5.71. The van der Waals surface area contributed by atoms with Crippen molar-refractivity contribution in [1.29, 1.82) is 0 Å². The van der Waals surface area contributed by atoms with Crippen LogP contribution in [-0.4, -0.2) is 0 Å². The second-order valence-electron chi connectivity index (χ2n) is 4.34. The fourth-order valence-corrected chi connectivity index (χ4v) is 3.30. The molecule has 1 unspecified atom stereocenters. The molecule has 1 atom stereocenters. The van der Waals surface area contributed by atoms with Gasteiger partial charge in [-0.05, 0) is 70.5 Å². The number of nitrogens with one attached hydrogen (secondary N) is 1. The quantitative estimate of drug-likeness (QED) is 0.359. The second kappa shape index (κ2) is 7.42. The van der Waals surface area contributed by atoms with E-state index in [0.717, 1.165) is 25.6 Å². The summed E-state index contributed by atoms with van der Waals surface area (Å²) >= 11 is 17.8. The van der Waals surface area contributed by atoms with E-state index in [-0.39, 0.29) is 6.04 Å². The Hall–Kier alpha value is 0.150. The lowest BCUT2D eigenvalue weighted by Gasteiger charge is -2.18. The highest BCUT2D eigenvalue weighted by molar-refractivity contribution is 14.1. The van der Waals surface area contributed by atoms with Gasteiger partial charge in [-0.3, -0.25) is 11.3 Å². The molecule has 3 N–H and O–H groups in total. The van der Waals surface area contributed by atoms with Gasteiger partial charge in [0, 0.05) is 8.04 Å². The first-order valence-electron chi connectivity index (χ1n) is 5.86. The maximum atomic E-state index is 6.05. The summed E-state index contributed by atoms with van der Waals surface area (Å²) in [6.45, 7) is 0. The number of nitrogens with two attached hydrogens (primary N) is 1. The molecule has 20 heavy (non-hydrogen) atoms. The zero-order valence-electron chi connectivity index (χ0n) is 10.3. The SMILES string of the molecule is NNC(Cc1ccc(Cl)c(Cl)c1)c1cc(I)ccc1Br. The Morgan fingerprint density at radius 1 is 1.15 bits per heavy atom. The van der Waals surface area contributed by atoms with Crippen LogP contribution in [-0.2, 0) is 6.42 Å². The molecule has 0 spiro atoms. The first kappa shape index (κ1) is 16.5.